The minimum Gasteiger partial charge on any atom is -0.326 e. The molecule has 0 radical (unpaired) electrons. The molecule has 8 nitrogen and oxygen atoms in total. The van der Waals surface area contributed by atoms with Crippen LogP contribution in [0.5, 0.6) is 0 Å². The number of hydrogen-bond acceptors (Lipinski definition) is 6. The topological polar surface area (TPSA) is 96.8 Å². The molecule has 10 heteroatoms. The Morgan fingerprint density at radius 2 is 1.86 bits per heavy atom. The van der Waals surface area contributed by atoms with Gasteiger partial charge in [-0.05, 0) is 61.7 Å². The van der Waals surface area contributed by atoms with Crippen LogP contribution in [0.15, 0.2) is 70.8 Å². The summed E-state index contributed by atoms with van der Waals surface area (Å²) in [6, 6.07) is 16.4. The third-order valence-corrected chi connectivity index (χ3v) is 6.34. The standard InChI is InChI=1S/C25H21FN6O2S/c1-15(2)31(14-21-27-19-7-4-3-6-18(19)24(33)28-21)25(34)22-29-23(20-8-5-13-35-20)32(30-22)17-11-9-16(26)10-12-17/h3-13,15H,14H2,1-2H3,(H,27,28,33). The largest absolute Gasteiger partial charge is 0.326 e. The quantitative estimate of drug-likeness (QED) is 0.382. The molecule has 2 aromatic carbocycles. The molecular weight excluding hydrogens is 467 g/mol. The smallest absolute Gasteiger partial charge is 0.294 e. The molecule has 0 aliphatic rings. The molecule has 0 saturated carbocycles. The van der Waals surface area contributed by atoms with Crippen molar-refractivity contribution in [3.63, 3.8) is 0 Å². The van der Waals surface area contributed by atoms with Crippen molar-refractivity contribution in [2.24, 2.45) is 0 Å². The van der Waals surface area contributed by atoms with Crippen molar-refractivity contribution in [1.29, 1.82) is 0 Å². The maximum atomic E-state index is 13.6. The van der Waals surface area contributed by atoms with Crippen LogP contribution in [0, 0.1) is 5.82 Å². The van der Waals surface area contributed by atoms with Gasteiger partial charge in [-0.15, -0.1) is 16.4 Å². The predicted octanol–water partition coefficient (Wildman–Crippen LogP) is 4.42. The van der Waals surface area contributed by atoms with Crippen LogP contribution in [-0.4, -0.2) is 41.6 Å². The average Bonchev–Trinajstić information content (AvgIpc) is 3.53. The lowest BCUT2D eigenvalue weighted by molar-refractivity contribution is 0.0672. The summed E-state index contributed by atoms with van der Waals surface area (Å²) in [5.41, 5.74) is 0.875. The van der Waals surface area contributed by atoms with Crippen molar-refractivity contribution in [2.45, 2.75) is 26.4 Å². The summed E-state index contributed by atoms with van der Waals surface area (Å²) in [5, 5.41) is 6.88. The van der Waals surface area contributed by atoms with E-state index in [-0.39, 0.29) is 29.8 Å². The van der Waals surface area contributed by atoms with Gasteiger partial charge in [0.25, 0.3) is 11.5 Å². The lowest BCUT2D eigenvalue weighted by atomic mass is 10.2. The molecule has 0 saturated heterocycles. The number of nitrogens with zero attached hydrogens (tertiary/aromatic N) is 5. The van der Waals surface area contributed by atoms with E-state index < -0.39 is 5.91 Å². The first kappa shape index (κ1) is 22.6. The monoisotopic (exact) mass is 488 g/mol. The fraction of sp³-hybridized carbons (Fsp3) is 0.160. The number of aromatic amines is 1. The molecule has 0 atom stereocenters. The van der Waals surface area contributed by atoms with Crippen LogP contribution in [-0.2, 0) is 6.54 Å². The van der Waals surface area contributed by atoms with Crippen molar-refractivity contribution in [1.82, 2.24) is 29.6 Å². The van der Waals surface area contributed by atoms with E-state index in [0.717, 1.165) is 4.88 Å². The Labute approximate surface area is 203 Å². The summed E-state index contributed by atoms with van der Waals surface area (Å²) in [5.74, 6) is 0.0674. The van der Waals surface area contributed by atoms with Crippen LogP contribution in [0.2, 0.25) is 0 Å². The van der Waals surface area contributed by atoms with Crippen molar-refractivity contribution < 1.29 is 9.18 Å². The first-order valence-electron chi connectivity index (χ1n) is 11.0. The number of nitrogens with one attached hydrogen (secondary N) is 1. The SMILES string of the molecule is CC(C)N(Cc1nc2ccccc2c(=O)[nH]1)C(=O)c1nc(-c2cccs2)n(-c2ccc(F)cc2)n1. The van der Waals surface area contributed by atoms with E-state index in [4.69, 9.17) is 0 Å². The van der Waals surface area contributed by atoms with Gasteiger partial charge in [-0.1, -0.05) is 18.2 Å². The Kier molecular flexibility index (Phi) is 5.96. The van der Waals surface area contributed by atoms with E-state index in [1.165, 1.54) is 28.2 Å². The summed E-state index contributed by atoms with van der Waals surface area (Å²) < 4.78 is 15.0. The second-order valence-corrected chi connectivity index (χ2v) is 9.13. The van der Waals surface area contributed by atoms with Gasteiger partial charge in [0.05, 0.1) is 28.0 Å². The van der Waals surface area contributed by atoms with Crippen molar-refractivity contribution in [3.8, 4) is 16.4 Å². The lowest BCUT2D eigenvalue weighted by Gasteiger charge is -2.25. The van der Waals surface area contributed by atoms with E-state index in [9.17, 15) is 14.0 Å². The minimum atomic E-state index is -0.408. The molecule has 3 aromatic heterocycles. The number of halogens is 1. The number of fused-ring (bicyclic) bond motifs is 1. The van der Waals surface area contributed by atoms with Gasteiger partial charge in [0.2, 0.25) is 5.82 Å². The molecule has 0 spiro atoms. The van der Waals surface area contributed by atoms with E-state index in [1.54, 1.807) is 35.2 Å². The van der Waals surface area contributed by atoms with Gasteiger partial charge in [0.15, 0.2) is 5.82 Å². The molecule has 5 rings (SSSR count). The van der Waals surface area contributed by atoms with Gasteiger partial charge >= 0.3 is 0 Å². The maximum absolute atomic E-state index is 13.6. The Balaban J connectivity index is 1.53. The Bertz CT molecular complexity index is 1560. The highest BCUT2D eigenvalue weighted by Gasteiger charge is 2.26. The number of benzene rings is 2. The summed E-state index contributed by atoms with van der Waals surface area (Å²) in [4.78, 5) is 40.3. The predicted molar refractivity (Wildman–Crippen MR) is 132 cm³/mol. The molecule has 0 unspecified atom stereocenters. The molecule has 5 aromatic rings. The third-order valence-electron chi connectivity index (χ3n) is 5.48. The van der Waals surface area contributed by atoms with Gasteiger partial charge in [-0.3, -0.25) is 9.59 Å². The summed E-state index contributed by atoms with van der Waals surface area (Å²) in [6.07, 6.45) is 0. The number of para-hydroxylation sites is 1. The maximum Gasteiger partial charge on any atom is 0.294 e. The number of hydrogen-bond donors (Lipinski definition) is 1. The van der Waals surface area contributed by atoms with Gasteiger partial charge in [0.1, 0.15) is 11.6 Å². The van der Waals surface area contributed by atoms with Crippen LogP contribution >= 0.6 is 11.3 Å². The number of amides is 1. The third kappa shape index (κ3) is 4.47. The number of aromatic nitrogens is 5. The molecule has 1 amide bonds. The zero-order valence-electron chi connectivity index (χ0n) is 19.0. The number of thiophene rings is 1. The van der Waals surface area contributed by atoms with E-state index in [2.05, 4.69) is 20.1 Å². The summed E-state index contributed by atoms with van der Waals surface area (Å²) in [7, 11) is 0. The highest BCUT2D eigenvalue weighted by molar-refractivity contribution is 7.13. The van der Waals surface area contributed by atoms with Crippen molar-refractivity contribution in [3.05, 3.63) is 93.9 Å². The number of H-pyrrole nitrogens is 1. The molecule has 0 fully saturated rings. The van der Waals surface area contributed by atoms with Crippen LogP contribution in [0.1, 0.15) is 30.3 Å². The van der Waals surface area contributed by atoms with Crippen LogP contribution in [0.3, 0.4) is 0 Å². The van der Waals surface area contributed by atoms with Crippen molar-refractivity contribution >= 4 is 28.1 Å². The van der Waals surface area contributed by atoms with Crippen LogP contribution in [0.4, 0.5) is 4.39 Å². The first-order chi connectivity index (χ1) is 16.9. The van der Waals surface area contributed by atoms with E-state index in [1.807, 2.05) is 37.4 Å². The highest BCUT2D eigenvalue weighted by Crippen LogP contribution is 2.26. The lowest BCUT2D eigenvalue weighted by Crippen LogP contribution is -2.38. The average molecular weight is 489 g/mol. The second kappa shape index (κ2) is 9.22. The second-order valence-electron chi connectivity index (χ2n) is 8.18. The highest BCUT2D eigenvalue weighted by atomic mass is 32.1. The fourth-order valence-corrected chi connectivity index (χ4v) is 4.42. The number of carbonyl (C=O) groups is 1. The van der Waals surface area contributed by atoms with Gasteiger partial charge in [-0.25, -0.2) is 19.0 Å². The minimum absolute atomic E-state index is 0.00504. The number of rotatable bonds is 6. The van der Waals surface area contributed by atoms with Gasteiger partial charge in [-0.2, -0.15) is 0 Å². The molecule has 3 heterocycles. The molecule has 35 heavy (non-hydrogen) atoms. The summed E-state index contributed by atoms with van der Waals surface area (Å²) >= 11 is 1.46. The first-order valence-corrected chi connectivity index (χ1v) is 11.8. The van der Waals surface area contributed by atoms with Gasteiger partial charge < -0.3 is 9.88 Å². The number of carbonyl (C=O) groups excluding carboxylic acids is 1. The Hall–Kier alpha value is -4.18. The summed E-state index contributed by atoms with van der Waals surface area (Å²) in [6.45, 7) is 3.82. The van der Waals surface area contributed by atoms with E-state index in [0.29, 0.717) is 28.2 Å². The molecule has 176 valence electrons. The Morgan fingerprint density at radius 1 is 1.09 bits per heavy atom. The zero-order chi connectivity index (χ0) is 24.5. The Morgan fingerprint density at radius 3 is 2.57 bits per heavy atom. The molecule has 0 aliphatic heterocycles. The fourth-order valence-electron chi connectivity index (χ4n) is 3.72. The zero-order valence-corrected chi connectivity index (χ0v) is 19.8. The molecule has 0 bridgehead atoms. The molecule has 0 aliphatic carbocycles. The molecular formula is C25H21FN6O2S. The van der Waals surface area contributed by atoms with Crippen LogP contribution < -0.4 is 5.56 Å². The molecule has 1 N–H and O–H groups in total. The van der Waals surface area contributed by atoms with Crippen molar-refractivity contribution in [2.75, 3.05) is 0 Å². The van der Waals surface area contributed by atoms with Gasteiger partial charge in [0, 0.05) is 6.04 Å². The normalized spacial score (nSPS) is 11.3. The van der Waals surface area contributed by atoms with Crippen LogP contribution in [0.25, 0.3) is 27.3 Å². The van der Waals surface area contributed by atoms with E-state index >= 15 is 0 Å².